The van der Waals surface area contributed by atoms with E-state index in [-0.39, 0.29) is 17.7 Å². The molecule has 0 bridgehead atoms. The summed E-state index contributed by atoms with van der Waals surface area (Å²) < 4.78 is 0. The zero-order chi connectivity index (χ0) is 12.8. The van der Waals surface area contributed by atoms with Crippen molar-refractivity contribution in [3.63, 3.8) is 0 Å². The van der Waals surface area contributed by atoms with Crippen molar-refractivity contribution in [1.29, 1.82) is 0 Å². The Morgan fingerprint density at radius 2 is 1.94 bits per heavy atom. The summed E-state index contributed by atoms with van der Waals surface area (Å²) in [5.74, 6) is 1.79. The number of nitrogens with one attached hydrogen (secondary N) is 1. The number of nitrogens with zero attached hydrogens (tertiary/aromatic N) is 1. The Balaban J connectivity index is 0.00000289. The fraction of sp³-hybridized carbons (Fsp3) is 0.923. The molecule has 0 spiro atoms. The second-order valence-corrected chi connectivity index (χ2v) is 6.43. The smallest absolute Gasteiger partial charge is 0.235 e. The summed E-state index contributed by atoms with van der Waals surface area (Å²) in [5, 5.41) is 3.44. The average Bonchev–Trinajstić information content (AvgIpc) is 2.35. The lowest BCUT2D eigenvalue weighted by Gasteiger charge is -2.34. The zero-order valence-corrected chi connectivity index (χ0v) is 13.6. The van der Waals surface area contributed by atoms with E-state index in [1.54, 1.807) is 11.8 Å². The predicted octanol–water partition coefficient (Wildman–Crippen LogP) is 2.40. The van der Waals surface area contributed by atoms with E-state index >= 15 is 0 Å². The Kier molecular flexibility index (Phi) is 9.09. The van der Waals surface area contributed by atoms with E-state index in [2.05, 4.69) is 31.0 Å². The number of halogens is 1. The van der Waals surface area contributed by atoms with E-state index in [0.717, 1.165) is 31.7 Å². The lowest BCUT2D eigenvalue weighted by atomic mass is 10.0. The van der Waals surface area contributed by atoms with Gasteiger partial charge in [0.15, 0.2) is 0 Å². The Morgan fingerprint density at radius 3 is 2.33 bits per heavy atom. The summed E-state index contributed by atoms with van der Waals surface area (Å²) in [4.78, 5) is 14.5. The Bertz CT molecular complexity index is 243. The monoisotopic (exact) mass is 294 g/mol. The molecule has 1 unspecified atom stereocenters. The molecule has 3 nitrogen and oxygen atoms in total. The van der Waals surface area contributed by atoms with Gasteiger partial charge in [0.05, 0.1) is 5.25 Å². The van der Waals surface area contributed by atoms with Crippen LogP contribution >= 0.6 is 24.2 Å². The second-order valence-electron chi connectivity index (χ2n) is 5.01. The predicted molar refractivity (Wildman–Crippen MR) is 82.7 cm³/mol. The molecular formula is C13H27ClN2OS. The lowest BCUT2D eigenvalue weighted by molar-refractivity contribution is -0.132. The summed E-state index contributed by atoms with van der Waals surface area (Å²) in [5.41, 5.74) is 0. The van der Waals surface area contributed by atoms with Gasteiger partial charge in [0.1, 0.15) is 0 Å². The average molecular weight is 295 g/mol. The van der Waals surface area contributed by atoms with Gasteiger partial charge in [-0.3, -0.25) is 4.79 Å². The third-order valence-corrected chi connectivity index (χ3v) is 4.85. The van der Waals surface area contributed by atoms with Gasteiger partial charge >= 0.3 is 0 Å². The van der Waals surface area contributed by atoms with Crippen molar-refractivity contribution < 1.29 is 4.79 Å². The molecule has 1 saturated heterocycles. The number of piperidine rings is 1. The van der Waals surface area contributed by atoms with E-state index < -0.39 is 0 Å². The van der Waals surface area contributed by atoms with Crippen molar-refractivity contribution in [2.45, 2.75) is 44.9 Å². The maximum atomic E-state index is 12.4. The molecule has 0 aromatic heterocycles. The number of thioether (sulfide) groups is 1. The second kappa shape index (κ2) is 9.05. The first kappa shape index (κ1) is 18.1. The van der Waals surface area contributed by atoms with Crippen LogP contribution in [0.3, 0.4) is 0 Å². The molecule has 1 heterocycles. The summed E-state index contributed by atoms with van der Waals surface area (Å²) in [6.45, 7) is 8.24. The highest BCUT2D eigenvalue weighted by molar-refractivity contribution is 8.00. The molecule has 1 aliphatic heterocycles. The number of amides is 1. The first-order chi connectivity index (χ1) is 8.10. The van der Waals surface area contributed by atoms with Gasteiger partial charge in [-0.1, -0.05) is 20.8 Å². The normalized spacial score (nSPS) is 18.6. The Labute approximate surface area is 122 Å². The minimum Gasteiger partial charge on any atom is -0.342 e. The van der Waals surface area contributed by atoms with E-state index in [4.69, 9.17) is 0 Å². The molecule has 0 aliphatic carbocycles. The van der Waals surface area contributed by atoms with Crippen LogP contribution in [0.4, 0.5) is 0 Å². The van der Waals surface area contributed by atoms with Gasteiger partial charge in [-0.2, -0.15) is 0 Å². The molecule has 0 radical (unpaired) electrons. The molecule has 1 N–H and O–H groups in total. The zero-order valence-electron chi connectivity index (χ0n) is 11.9. The first-order valence-corrected chi connectivity index (χ1v) is 7.72. The maximum Gasteiger partial charge on any atom is 0.235 e. The summed E-state index contributed by atoms with van der Waals surface area (Å²) in [7, 11) is 2.01. The van der Waals surface area contributed by atoms with Crippen LogP contribution in [0, 0.1) is 5.92 Å². The van der Waals surface area contributed by atoms with E-state index in [0.29, 0.717) is 17.9 Å². The van der Waals surface area contributed by atoms with Gasteiger partial charge in [0.25, 0.3) is 0 Å². The highest BCUT2D eigenvalue weighted by Gasteiger charge is 2.29. The van der Waals surface area contributed by atoms with Crippen LogP contribution in [-0.4, -0.2) is 48.0 Å². The Morgan fingerprint density at radius 1 is 1.39 bits per heavy atom. The van der Waals surface area contributed by atoms with Crippen LogP contribution in [0.15, 0.2) is 0 Å². The highest BCUT2D eigenvalue weighted by Crippen LogP contribution is 2.23. The quantitative estimate of drug-likeness (QED) is 0.845. The molecule has 1 aliphatic rings. The minimum atomic E-state index is 0. The van der Waals surface area contributed by atoms with Crippen molar-refractivity contribution in [2.75, 3.05) is 25.9 Å². The molecule has 108 valence electrons. The van der Waals surface area contributed by atoms with E-state index in [1.165, 1.54) is 0 Å². The number of hydrogen-bond donors (Lipinski definition) is 1. The van der Waals surface area contributed by atoms with Crippen LogP contribution in [0.1, 0.15) is 33.6 Å². The van der Waals surface area contributed by atoms with Crippen LogP contribution in [0.5, 0.6) is 0 Å². The summed E-state index contributed by atoms with van der Waals surface area (Å²) in [6, 6.07) is 0.593. The van der Waals surface area contributed by atoms with Gasteiger partial charge in [0.2, 0.25) is 5.91 Å². The highest BCUT2D eigenvalue weighted by atomic mass is 35.5. The van der Waals surface area contributed by atoms with Crippen molar-refractivity contribution in [2.24, 2.45) is 5.92 Å². The molecule has 0 aromatic rings. The van der Waals surface area contributed by atoms with Crippen molar-refractivity contribution in [1.82, 2.24) is 10.2 Å². The third-order valence-electron chi connectivity index (χ3n) is 3.41. The van der Waals surface area contributed by atoms with Crippen LogP contribution in [-0.2, 0) is 4.79 Å². The largest absolute Gasteiger partial charge is 0.342 e. The molecular weight excluding hydrogens is 268 g/mol. The van der Waals surface area contributed by atoms with E-state index in [9.17, 15) is 4.79 Å². The number of carbonyl (C=O) groups excluding carboxylic acids is 1. The van der Waals surface area contributed by atoms with Crippen LogP contribution in [0.25, 0.3) is 0 Å². The molecule has 1 rings (SSSR count). The van der Waals surface area contributed by atoms with Gasteiger partial charge in [0, 0.05) is 19.1 Å². The van der Waals surface area contributed by atoms with Gasteiger partial charge in [-0.15, -0.1) is 24.2 Å². The van der Waals surface area contributed by atoms with Crippen LogP contribution < -0.4 is 5.32 Å². The van der Waals surface area contributed by atoms with Crippen molar-refractivity contribution in [3.05, 3.63) is 0 Å². The molecule has 18 heavy (non-hydrogen) atoms. The third kappa shape index (κ3) is 4.98. The Hall–Kier alpha value is 0.0700. The minimum absolute atomic E-state index is 0. The lowest BCUT2D eigenvalue weighted by Crippen LogP contribution is -2.47. The number of carbonyl (C=O) groups is 1. The molecule has 1 amide bonds. The fourth-order valence-electron chi connectivity index (χ4n) is 2.30. The fourth-order valence-corrected chi connectivity index (χ4v) is 3.33. The number of hydrogen-bond acceptors (Lipinski definition) is 3. The maximum absolute atomic E-state index is 12.4. The number of likely N-dealkylation sites (tertiary alicyclic amines) is 1. The van der Waals surface area contributed by atoms with Crippen LogP contribution in [0.2, 0.25) is 0 Å². The van der Waals surface area contributed by atoms with Crippen molar-refractivity contribution >= 4 is 30.1 Å². The standard InChI is InChI=1S/C13H26N2OS.ClH/c1-5-17-12(10(2)3)13(16)15-8-6-11(14-4)7-9-15;/h10-12,14H,5-9H2,1-4H3;1H. The van der Waals surface area contributed by atoms with Crippen molar-refractivity contribution in [3.8, 4) is 0 Å². The first-order valence-electron chi connectivity index (χ1n) is 6.67. The topological polar surface area (TPSA) is 32.3 Å². The molecule has 1 atom stereocenters. The SMILES string of the molecule is CCSC(C(=O)N1CCC(NC)CC1)C(C)C.Cl. The number of rotatable bonds is 5. The van der Waals surface area contributed by atoms with E-state index in [1.807, 2.05) is 7.05 Å². The molecule has 1 fully saturated rings. The van der Waals surface area contributed by atoms with Gasteiger partial charge < -0.3 is 10.2 Å². The molecule has 5 heteroatoms. The van der Waals surface area contributed by atoms with Gasteiger partial charge in [-0.05, 0) is 31.6 Å². The summed E-state index contributed by atoms with van der Waals surface area (Å²) in [6.07, 6.45) is 2.17. The molecule has 0 aromatic carbocycles. The van der Waals surface area contributed by atoms with Gasteiger partial charge in [-0.25, -0.2) is 0 Å². The molecule has 0 saturated carbocycles. The summed E-state index contributed by atoms with van der Waals surface area (Å²) >= 11 is 1.79.